The molecule has 0 aromatic heterocycles. The highest BCUT2D eigenvalue weighted by molar-refractivity contribution is 5.69. The Hall–Kier alpha value is -1.41. The zero-order valence-electron chi connectivity index (χ0n) is 18.8. The molecule has 0 rings (SSSR count). The minimum absolute atomic E-state index is 0.0381. The van der Waals surface area contributed by atoms with Crippen LogP contribution in [-0.4, -0.2) is 12.6 Å². The normalized spacial score (nSPS) is 9.93. The molecule has 0 fully saturated rings. The molecule has 0 aliphatic rings. The molecule has 0 aliphatic heterocycles. The molecular formula is C26H44O2. The van der Waals surface area contributed by atoms with E-state index in [9.17, 15) is 4.79 Å². The van der Waals surface area contributed by atoms with Gasteiger partial charge < -0.3 is 4.74 Å². The summed E-state index contributed by atoms with van der Waals surface area (Å²) in [6.07, 6.45) is 20.9. The molecule has 28 heavy (non-hydrogen) atoms. The van der Waals surface area contributed by atoms with Gasteiger partial charge in [-0.15, -0.1) is 0 Å². The van der Waals surface area contributed by atoms with Gasteiger partial charge in [-0.1, -0.05) is 96.3 Å². The summed E-state index contributed by atoms with van der Waals surface area (Å²) in [4.78, 5) is 11.7. The third-order valence-corrected chi connectivity index (χ3v) is 4.84. The highest BCUT2D eigenvalue weighted by Gasteiger charge is 2.02. The van der Waals surface area contributed by atoms with Crippen LogP contribution >= 0.6 is 0 Å². The first-order valence-electron chi connectivity index (χ1n) is 11.9. The van der Waals surface area contributed by atoms with Crippen molar-refractivity contribution in [2.45, 2.75) is 129 Å². The lowest BCUT2D eigenvalue weighted by molar-refractivity contribution is -0.143. The van der Waals surface area contributed by atoms with Crippen LogP contribution in [0.15, 0.2) is 0 Å². The lowest BCUT2D eigenvalue weighted by Gasteiger charge is -2.04. The quantitative estimate of drug-likeness (QED) is 0.137. The fraction of sp³-hybridized carbons (Fsp3) is 0.808. The van der Waals surface area contributed by atoms with Crippen LogP contribution in [0.2, 0.25) is 0 Å². The van der Waals surface area contributed by atoms with Gasteiger partial charge in [-0.3, -0.25) is 4.79 Å². The number of hydrogen-bond donors (Lipinski definition) is 0. The Morgan fingerprint density at radius 3 is 1.68 bits per heavy atom. The average molecular weight is 389 g/mol. The maximum absolute atomic E-state index is 11.7. The van der Waals surface area contributed by atoms with Crippen LogP contribution in [0, 0.1) is 23.7 Å². The fourth-order valence-corrected chi connectivity index (χ4v) is 2.99. The molecule has 0 aromatic carbocycles. The van der Waals surface area contributed by atoms with Gasteiger partial charge in [0, 0.05) is 19.3 Å². The molecule has 0 atom stereocenters. The first-order chi connectivity index (χ1) is 13.8. The zero-order chi connectivity index (χ0) is 20.5. The lowest BCUT2D eigenvalue weighted by atomic mass is 10.1. The van der Waals surface area contributed by atoms with Crippen molar-refractivity contribution in [1.82, 2.24) is 0 Å². The second-order valence-corrected chi connectivity index (χ2v) is 7.67. The summed E-state index contributed by atoms with van der Waals surface area (Å²) in [5, 5.41) is 0. The first kappa shape index (κ1) is 26.6. The van der Waals surface area contributed by atoms with Crippen LogP contribution in [0.4, 0.5) is 0 Å². The molecule has 0 unspecified atom stereocenters. The third kappa shape index (κ3) is 22.6. The number of carbonyl (C=O) groups excluding carboxylic acids is 1. The van der Waals surface area contributed by atoms with E-state index in [1.54, 1.807) is 0 Å². The lowest BCUT2D eigenvalue weighted by Crippen LogP contribution is -2.05. The van der Waals surface area contributed by atoms with E-state index in [0.717, 1.165) is 44.9 Å². The molecule has 0 saturated carbocycles. The Labute approximate surface area is 175 Å². The van der Waals surface area contributed by atoms with E-state index in [0.29, 0.717) is 13.0 Å². The average Bonchev–Trinajstić information content (AvgIpc) is 2.70. The van der Waals surface area contributed by atoms with Crippen molar-refractivity contribution in [3.05, 3.63) is 0 Å². The van der Waals surface area contributed by atoms with E-state index in [4.69, 9.17) is 4.74 Å². The molecule has 0 spiro atoms. The Kier molecular flexibility index (Phi) is 22.4. The number of rotatable bonds is 18. The van der Waals surface area contributed by atoms with E-state index in [1.807, 2.05) is 0 Å². The number of esters is 1. The van der Waals surface area contributed by atoms with Gasteiger partial charge >= 0.3 is 5.97 Å². The topological polar surface area (TPSA) is 26.3 Å². The highest BCUT2D eigenvalue weighted by Crippen LogP contribution is 2.12. The molecule has 0 N–H and O–H groups in total. The number of unbranched alkanes of at least 4 members (excludes halogenated alkanes) is 14. The van der Waals surface area contributed by atoms with Crippen molar-refractivity contribution < 1.29 is 9.53 Å². The van der Waals surface area contributed by atoms with Gasteiger partial charge in [-0.25, -0.2) is 0 Å². The van der Waals surface area contributed by atoms with E-state index < -0.39 is 0 Å². The van der Waals surface area contributed by atoms with Crippen molar-refractivity contribution in [3.8, 4) is 23.7 Å². The predicted octanol–water partition coefficient (Wildman–Crippen LogP) is 7.60. The van der Waals surface area contributed by atoms with Crippen LogP contribution in [0.1, 0.15) is 129 Å². The van der Waals surface area contributed by atoms with Crippen LogP contribution < -0.4 is 0 Å². The van der Waals surface area contributed by atoms with Crippen molar-refractivity contribution >= 4 is 5.97 Å². The molecular weight excluding hydrogens is 344 g/mol. The predicted molar refractivity (Wildman–Crippen MR) is 121 cm³/mol. The van der Waals surface area contributed by atoms with E-state index in [-0.39, 0.29) is 5.97 Å². The summed E-state index contributed by atoms with van der Waals surface area (Å²) >= 11 is 0. The minimum Gasteiger partial charge on any atom is -0.466 e. The summed E-state index contributed by atoms with van der Waals surface area (Å²) < 4.78 is 5.29. The summed E-state index contributed by atoms with van der Waals surface area (Å²) in [6, 6.07) is 0. The molecule has 0 saturated heterocycles. The monoisotopic (exact) mass is 388 g/mol. The van der Waals surface area contributed by atoms with Crippen molar-refractivity contribution in [1.29, 1.82) is 0 Å². The maximum Gasteiger partial charge on any atom is 0.305 e. The summed E-state index contributed by atoms with van der Waals surface area (Å²) in [5.41, 5.74) is 0. The van der Waals surface area contributed by atoms with Crippen LogP contribution in [0.25, 0.3) is 0 Å². The largest absolute Gasteiger partial charge is 0.466 e. The summed E-state index contributed by atoms with van der Waals surface area (Å²) in [6.45, 7) is 4.96. The summed E-state index contributed by atoms with van der Waals surface area (Å²) in [5.74, 6) is 11.9. The van der Waals surface area contributed by atoms with Gasteiger partial charge in [-0.05, 0) is 37.5 Å². The molecule has 0 heterocycles. The smallest absolute Gasteiger partial charge is 0.305 e. The Balaban J connectivity index is 3.29. The van der Waals surface area contributed by atoms with Crippen LogP contribution in [-0.2, 0) is 9.53 Å². The Morgan fingerprint density at radius 1 is 0.607 bits per heavy atom. The van der Waals surface area contributed by atoms with Gasteiger partial charge in [0.05, 0.1) is 6.61 Å². The highest BCUT2D eigenvalue weighted by atomic mass is 16.5. The Bertz CT molecular complexity index is 458. The SMILES string of the molecule is CCCCC#CC#CCCCCOC(=O)CCCCCCCCCCCCC. The maximum atomic E-state index is 11.7. The second-order valence-electron chi connectivity index (χ2n) is 7.67. The molecule has 0 bridgehead atoms. The van der Waals surface area contributed by atoms with E-state index in [2.05, 4.69) is 37.5 Å². The van der Waals surface area contributed by atoms with Crippen molar-refractivity contribution in [3.63, 3.8) is 0 Å². The number of ether oxygens (including phenoxy) is 1. The van der Waals surface area contributed by atoms with E-state index >= 15 is 0 Å². The molecule has 0 aliphatic carbocycles. The van der Waals surface area contributed by atoms with Gasteiger partial charge in [0.25, 0.3) is 0 Å². The second kappa shape index (κ2) is 23.6. The van der Waals surface area contributed by atoms with E-state index in [1.165, 1.54) is 64.2 Å². The van der Waals surface area contributed by atoms with Gasteiger partial charge in [0.15, 0.2) is 0 Å². The zero-order valence-corrected chi connectivity index (χ0v) is 18.8. The van der Waals surface area contributed by atoms with Crippen molar-refractivity contribution in [2.75, 3.05) is 6.61 Å². The van der Waals surface area contributed by atoms with Gasteiger partial charge in [-0.2, -0.15) is 0 Å². The van der Waals surface area contributed by atoms with Gasteiger partial charge in [0.1, 0.15) is 0 Å². The molecule has 2 nitrogen and oxygen atoms in total. The standard InChI is InChI=1S/C26H44O2/c1-3-5-7-9-11-13-15-16-18-20-22-24-26(27)28-25-23-21-19-17-14-12-10-8-6-4-2/h3-9,11,13,15-16,18-25H2,1-2H3. The number of hydrogen-bond acceptors (Lipinski definition) is 2. The molecule has 2 heteroatoms. The van der Waals surface area contributed by atoms with Crippen molar-refractivity contribution in [2.24, 2.45) is 0 Å². The fourth-order valence-electron chi connectivity index (χ4n) is 2.99. The molecule has 0 aromatic rings. The summed E-state index contributed by atoms with van der Waals surface area (Å²) in [7, 11) is 0. The molecule has 160 valence electrons. The molecule has 0 radical (unpaired) electrons. The van der Waals surface area contributed by atoms with Gasteiger partial charge in [0.2, 0.25) is 0 Å². The third-order valence-electron chi connectivity index (χ3n) is 4.84. The van der Waals surface area contributed by atoms with Crippen LogP contribution in [0.3, 0.4) is 0 Å². The molecule has 0 amide bonds. The minimum atomic E-state index is -0.0381. The Morgan fingerprint density at radius 2 is 1.11 bits per heavy atom. The van der Waals surface area contributed by atoms with Crippen LogP contribution in [0.5, 0.6) is 0 Å². The number of carbonyl (C=O) groups is 1. The first-order valence-corrected chi connectivity index (χ1v) is 11.9.